The highest BCUT2D eigenvalue weighted by Gasteiger charge is 2.39. The van der Waals surface area contributed by atoms with E-state index >= 15 is 0 Å². The van der Waals surface area contributed by atoms with Crippen molar-refractivity contribution >= 4 is 17.3 Å². The van der Waals surface area contributed by atoms with Crippen LogP contribution in [-0.4, -0.2) is 79.7 Å². The molecule has 0 spiro atoms. The number of hydrogen-bond acceptors (Lipinski definition) is 7. The van der Waals surface area contributed by atoms with Crippen LogP contribution in [0.2, 0.25) is 0 Å². The van der Waals surface area contributed by atoms with E-state index in [1.54, 1.807) is 12.0 Å². The minimum atomic E-state index is -4.86. The summed E-state index contributed by atoms with van der Waals surface area (Å²) in [5, 5.41) is 10.9. The van der Waals surface area contributed by atoms with E-state index in [-0.39, 0.29) is 17.8 Å². The van der Waals surface area contributed by atoms with Crippen molar-refractivity contribution in [3.05, 3.63) is 58.1 Å². The summed E-state index contributed by atoms with van der Waals surface area (Å²) < 4.78 is 50.6. The largest absolute Gasteiger partial charge is 0.497 e. The SMILES string of the molecule is COc1ccc(N2CCN(CCCC(=O)N3CCC(Oc4ccc([N+](=O)[O-])c(C(F)(F)F)c4)CC3)CC2)cc1. The van der Waals surface area contributed by atoms with Crippen molar-refractivity contribution in [1.82, 2.24) is 9.80 Å². The number of likely N-dealkylation sites (tertiary alicyclic amines) is 1. The van der Waals surface area contributed by atoms with Crippen LogP contribution in [0, 0.1) is 10.1 Å². The number of amides is 1. The number of carbonyl (C=O) groups excluding carboxylic acids is 1. The van der Waals surface area contributed by atoms with E-state index in [1.165, 1.54) is 11.8 Å². The van der Waals surface area contributed by atoms with Crippen LogP contribution in [0.1, 0.15) is 31.2 Å². The van der Waals surface area contributed by atoms with E-state index in [1.807, 2.05) is 12.1 Å². The third-order valence-corrected chi connectivity index (χ3v) is 7.24. The maximum absolute atomic E-state index is 13.2. The number of ether oxygens (including phenoxy) is 2. The summed E-state index contributed by atoms with van der Waals surface area (Å²) in [5.74, 6) is 0.840. The molecule has 212 valence electrons. The molecule has 0 N–H and O–H groups in total. The van der Waals surface area contributed by atoms with Gasteiger partial charge in [0.1, 0.15) is 23.2 Å². The van der Waals surface area contributed by atoms with Gasteiger partial charge < -0.3 is 19.3 Å². The zero-order valence-corrected chi connectivity index (χ0v) is 21.9. The molecular weight excluding hydrogens is 517 g/mol. The van der Waals surface area contributed by atoms with Crippen LogP contribution < -0.4 is 14.4 Å². The molecule has 39 heavy (non-hydrogen) atoms. The monoisotopic (exact) mass is 550 g/mol. The lowest BCUT2D eigenvalue weighted by molar-refractivity contribution is -0.388. The Balaban J connectivity index is 1.16. The number of piperidine rings is 1. The van der Waals surface area contributed by atoms with Gasteiger partial charge in [-0.15, -0.1) is 0 Å². The maximum Gasteiger partial charge on any atom is 0.423 e. The van der Waals surface area contributed by atoms with Crippen LogP contribution in [0.4, 0.5) is 24.5 Å². The van der Waals surface area contributed by atoms with Gasteiger partial charge in [0.25, 0.3) is 5.69 Å². The molecule has 12 heteroatoms. The maximum atomic E-state index is 13.2. The number of rotatable bonds is 9. The van der Waals surface area contributed by atoms with Gasteiger partial charge >= 0.3 is 6.18 Å². The van der Waals surface area contributed by atoms with E-state index in [0.29, 0.717) is 38.4 Å². The zero-order chi connectivity index (χ0) is 28.0. The average Bonchev–Trinajstić information content (AvgIpc) is 2.93. The number of nitro benzene ring substituents is 1. The van der Waals surface area contributed by atoms with E-state index in [9.17, 15) is 28.1 Å². The predicted octanol–water partition coefficient (Wildman–Crippen LogP) is 4.59. The second-order valence-corrected chi connectivity index (χ2v) is 9.76. The van der Waals surface area contributed by atoms with Gasteiger partial charge in [0, 0.05) is 70.3 Å². The summed E-state index contributed by atoms with van der Waals surface area (Å²) in [6.07, 6.45) is -3.04. The van der Waals surface area contributed by atoms with E-state index in [0.717, 1.165) is 51.0 Å². The van der Waals surface area contributed by atoms with Crippen LogP contribution in [0.3, 0.4) is 0 Å². The first-order valence-electron chi connectivity index (χ1n) is 13.1. The fourth-order valence-electron chi connectivity index (χ4n) is 5.02. The Kier molecular flexibility index (Phi) is 9.16. The highest BCUT2D eigenvalue weighted by atomic mass is 19.4. The molecule has 2 fully saturated rings. The number of anilines is 1. The number of halogens is 3. The first kappa shape index (κ1) is 28.5. The second-order valence-electron chi connectivity index (χ2n) is 9.76. The number of carbonyl (C=O) groups is 1. The van der Waals surface area contributed by atoms with Gasteiger partial charge in [-0.05, 0) is 49.4 Å². The molecule has 2 aliphatic heterocycles. The first-order valence-corrected chi connectivity index (χ1v) is 13.1. The average molecular weight is 551 g/mol. The third kappa shape index (κ3) is 7.53. The van der Waals surface area contributed by atoms with Crippen molar-refractivity contribution in [2.24, 2.45) is 0 Å². The minimum absolute atomic E-state index is 0.0650. The van der Waals surface area contributed by atoms with Crippen molar-refractivity contribution < 1.29 is 32.4 Å². The predicted molar refractivity (Wildman–Crippen MR) is 139 cm³/mol. The molecule has 0 aromatic heterocycles. The lowest BCUT2D eigenvalue weighted by Gasteiger charge is -2.36. The molecule has 0 radical (unpaired) electrons. The van der Waals surface area contributed by atoms with Gasteiger partial charge in [0.2, 0.25) is 5.91 Å². The van der Waals surface area contributed by atoms with Crippen LogP contribution >= 0.6 is 0 Å². The molecule has 0 atom stereocenters. The van der Waals surface area contributed by atoms with Crippen molar-refractivity contribution in [2.75, 3.05) is 57.8 Å². The quantitative estimate of drug-likeness (QED) is 0.333. The highest BCUT2D eigenvalue weighted by Crippen LogP contribution is 2.38. The molecule has 0 unspecified atom stereocenters. The van der Waals surface area contributed by atoms with Gasteiger partial charge in [0.15, 0.2) is 0 Å². The summed E-state index contributed by atoms with van der Waals surface area (Å²) in [5.41, 5.74) is -1.17. The smallest absolute Gasteiger partial charge is 0.423 e. The van der Waals surface area contributed by atoms with Crippen LogP contribution in [0.5, 0.6) is 11.5 Å². The van der Waals surface area contributed by atoms with Gasteiger partial charge in [-0.2, -0.15) is 13.2 Å². The molecule has 1 amide bonds. The molecule has 9 nitrogen and oxygen atoms in total. The number of benzene rings is 2. The number of alkyl halides is 3. The Morgan fingerprint density at radius 3 is 2.23 bits per heavy atom. The minimum Gasteiger partial charge on any atom is -0.497 e. The molecule has 2 aromatic carbocycles. The van der Waals surface area contributed by atoms with Crippen LogP contribution in [0.15, 0.2) is 42.5 Å². The molecule has 2 heterocycles. The standard InChI is InChI=1S/C27H33F3N4O5/c1-38-21-6-4-20(5-7-21)32-17-15-31(16-18-32)12-2-3-26(35)33-13-10-22(11-14-33)39-23-8-9-25(34(36)37)24(19-23)27(28,29)30/h4-9,19,22H,2-3,10-18H2,1H3. The van der Waals surface area contributed by atoms with E-state index < -0.39 is 22.4 Å². The molecule has 0 bridgehead atoms. The van der Waals surface area contributed by atoms with Gasteiger partial charge in [-0.25, -0.2) is 0 Å². The fraction of sp³-hybridized carbons (Fsp3) is 0.519. The van der Waals surface area contributed by atoms with Crippen LogP contribution in [0.25, 0.3) is 0 Å². The molecule has 4 rings (SSSR count). The Bertz CT molecular complexity index is 1130. The van der Waals surface area contributed by atoms with Gasteiger partial charge in [-0.1, -0.05) is 0 Å². The van der Waals surface area contributed by atoms with Crippen molar-refractivity contribution in [3.8, 4) is 11.5 Å². The van der Waals surface area contributed by atoms with Crippen LogP contribution in [-0.2, 0) is 11.0 Å². The molecule has 2 saturated heterocycles. The second kappa shape index (κ2) is 12.5. The molecule has 2 aliphatic rings. The normalized spacial score (nSPS) is 17.2. The lowest BCUT2D eigenvalue weighted by atomic mass is 10.1. The summed E-state index contributed by atoms with van der Waals surface area (Å²) >= 11 is 0. The van der Waals surface area contributed by atoms with E-state index in [2.05, 4.69) is 21.9 Å². The summed E-state index contributed by atoms with van der Waals surface area (Å²) in [6, 6.07) is 10.7. The number of methoxy groups -OCH3 is 1. The van der Waals surface area contributed by atoms with Crippen molar-refractivity contribution in [3.63, 3.8) is 0 Å². The number of nitro groups is 1. The molecule has 0 saturated carbocycles. The fourth-order valence-corrected chi connectivity index (χ4v) is 5.02. The Morgan fingerprint density at radius 1 is 1.00 bits per heavy atom. The Hall–Kier alpha value is -3.54. The topological polar surface area (TPSA) is 88.4 Å². The Labute approximate surface area is 225 Å². The van der Waals surface area contributed by atoms with E-state index in [4.69, 9.17) is 9.47 Å². The Morgan fingerprint density at radius 2 is 1.64 bits per heavy atom. The van der Waals surface area contributed by atoms with Crippen molar-refractivity contribution in [1.29, 1.82) is 0 Å². The van der Waals surface area contributed by atoms with Crippen molar-refractivity contribution in [2.45, 2.75) is 38.0 Å². The summed E-state index contributed by atoms with van der Waals surface area (Å²) in [7, 11) is 1.65. The number of nitrogens with zero attached hydrogens (tertiary/aromatic N) is 4. The zero-order valence-electron chi connectivity index (χ0n) is 21.9. The first-order chi connectivity index (χ1) is 18.6. The lowest BCUT2D eigenvalue weighted by Crippen LogP contribution is -2.47. The van der Waals surface area contributed by atoms with Gasteiger partial charge in [-0.3, -0.25) is 19.8 Å². The summed E-state index contributed by atoms with van der Waals surface area (Å²) in [6.45, 7) is 5.49. The number of piperazine rings is 1. The molecule has 2 aromatic rings. The third-order valence-electron chi connectivity index (χ3n) is 7.24. The van der Waals surface area contributed by atoms with Gasteiger partial charge in [0.05, 0.1) is 12.0 Å². The molecular formula is C27H33F3N4O5. The highest BCUT2D eigenvalue weighted by molar-refractivity contribution is 5.76. The number of hydrogen-bond donors (Lipinski definition) is 0. The molecule has 0 aliphatic carbocycles. The summed E-state index contributed by atoms with van der Waals surface area (Å²) in [4.78, 5) is 29.1.